The zero-order valence-electron chi connectivity index (χ0n) is 8.77. The molecule has 0 fully saturated rings. The van der Waals surface area contributed by atoms with Gasteiger partial charge in [0.2, 0.25) is 10.0 Å². The van der Waals surface area contributed by atoms with Crippen molar-refractivity contribution < 1.29 is 8.42 Å². The van der Waals surface area contributed by atoms with Crippen LogP contribution < -0.4 is 0 Å². The molecule has 4 heteroatoms. The zero-order chi connectivity index (χ0) is 11.1. The van der Waals surface area contributed by atoms with Crippen molar-refractivity contribution in [2.75, 3.05) is 6.26 Å². The average Bonchev–Trinajstić information content (AvgIpc) is 2.59. The lowest BCUT2D eigenvalue weighted by molar-refractivity contribution is 0.595. The molecule has 0 aliphatic heterocycles. The quantitative estimate of drug-likeness (QED) is 0.781. The van der Waals surface area contributed by atoms with Crippen LogP contribution in [0.15, 0.2) is 30.5 Å². The number of hydrogen-bond donors (Lipinski definition) is 0. The molecule has 0 saturated heterocycles. The van der Waals surface area contributed by atoms with Crippen LogP contribution in [0.1, 0.15) is 12.5 Å². The Kier molecular flexibility index (Phi) is 2.31. The van der Waals surface area contributed by atoms with Gasteiger partial charge in [-0.25, -0.2) is 12.4 Å². The normalized spacial score (nSPS) is 12.1. The molecular formula is C11H13NO2S. The number of rotatable bonds is 2. The van der Waals surface area contributed by atoms with Crippen LogP contribution in [0.25, 0.3) is 10.9 Å². The van der Waals surface area contributed by atoms with Crippen LogP contribution >= 0.6 is 0 Å². The molecule has 0 amide bonds. The SMILES string of the molecule is CCc1ccc2ccn(S(C)(=O)=O)c2c1. The van der Waals surface area contributed by atoms with E-state index in [4.69, 9.17) is 0 Å². The van der Waals surface area contributed by atoms with Gasteiger partial charge in [0, 0.05) is 11.6 Å². The first-order valence-corrected chi connectivity index (χ1v) is 6.67. The van der Waals surface area contributed by atoms with Crippen molar-refractivity contribution in [2.24, 2.45) is 0 Å². The molecule has 1 aromatic carbocycles. The van der Waals surface area contributed by atoms with Gasteiger partial charge < -0.3 is 0 Å². The predicted molar refractivity (Wildman–Crippen MR) is 61.6 cm³/mol. The Hall–Kier alpha value is -1.29. The van der Waals surface area contributed by atoms with Crippen LogP contribution in [-0.2, 0) is 16.4 Å². The minimum absolute atomic E-state index is 0.761. The summed E-state index contributed by atoms with van der Waals surface area (Å²) < 4.78 is 24.3. The Labute approximate surface area is 89.4 Å². The predicted octanol–water partition coefficient (Wildman–Crippen LogP) is 2.01. The molecule has 2 aromatic rings. The monoisotopic (exact) mass is 223 g/mol. The summed E-state index contributed by atoms with van der Waals surface area (Å²) in [6.07, 6.45) is 3.72. The molecule has 0 unspecified atom stereocenters. The first kappa shape index (κ1) is 10.2. The van der Waals surface area contributed by atoms with Crippen LogP contribution in [0.2, 0.25) is 0 Å². The molecule has 0 N–H and O–H groups in total. The molecule has 0 saturated carbocycles. The minimum atomic E-state index is -3.19. The fourth-order valence-electron chi connectivity index (χ4n) is 1.66. The van der Waals surface area contributed by atoms with E-state index in [2.05, 4.69) is 6.92 Å². The number of benzene rings is 1. The first-order valence-electron chi connectivity index (χ1n) is 4.83. The summed E-state index contributed by atoms with van der Waals surface area (Å²) in [5.41, 5.74) is 1.91. The Balaban J connectivity index is 2.78. The molecule has 0 radical (unpaired) electrons. The van der Waals surface area contributed by atoms with E-state index < -0.39 is 10.0 Å². The van der Waals surface area contributed by atoms with Crippen molar-refractivity contribution in [1.29, 1.82) is 0 Å². The van der Waals surface area contributed by atoms with Crippen molar-refractivity contribution in [1.82, 2.24) is 3.97 Å². The molecule has 0 atom stereocenters. The standard InChI is InChI=1S/C11H13NO2S/c1-3-9-4-5-10-6-7-12(11(10)8-9)15(2,13)14/h4-8H,3H2,1-2H3. The highest BCUT2D eigenvalue weighted by Crippen LogP contribution is 2.19. The van der Waals surface area contributed by atoms with Gasteiger partial charge >= 0.3 is 0 Å². The fourth-order valence-corrected chi connectivity index (χ4v) is 2.46. The van der Waals surface area contributed by atoms with Crippen LogP contribution in [0.3, 0.4) is 0 Å². The van der Waals surface area contributed by atoms with Crippen LogP contribution in [0, 0.1) is 0 Å². The topological polar surface area (TPSA) is 39.1 Å². The molecule has 80 valence electrons. The van der Waals surface area contributed by atoms with Gasteiger partial charge in [0.25, 0.3) is 0 Å². The molecule has 0 spiro atoms. The van der Waals surface area contributed by atoms with E-state index in [0.29, 0.717) is 0 Å². The van der Waals surface area contributed by atoms with E-state index in [9.17, 15) is 8.42 Å². The number of hydrogen-bond acceptors (Lipinski definition) is 2. The maximum absolute atomic E-state index is 11.5. The lowest BCUT2D eigenvalue weighted by Gasteiger charge is -2.03. The van der Waals surface area contributed by atoms with Crippen LogP contribution in [0.4, 0.5) is 0 Å². The Morgan fingerprint density at radius 3 is 2.60 bits per heavy atom. The number of fused-ring (bicyclic) bond motifs is 1. The van der Waals surface area contributed by atoms with Crippen molar-refractivity contribution >= 4 is 20.9 Å². The summed E-state index contributed by atoms with van der Waals surface area (Å²) in [6.45, 7) is 2.05. The van der Waals surface area contributed by atoms with E-state index in [1.807, 2.05) is 24.3 Å². The van der Waals surface area contributed by atoms with Crippen LogP contribution in [0.5, 0.6) is 0 Å². The van der Waals surface area contributed by atoms with E-state index in [0.717, 1.165) is 22.9 Å². The van der Waals surface area contributed by atoms with E-state index in [-0.39, 0.29) is 0 Å². The summed E-state index contributed by atoms with van der Waals surface area (Å²) in [4.78, 5) is 0. The summed E-state index contributed by atoms with van der Waals surface area (Å²) in [7, 11) is -3.19. The molecule has 0 bridgehead atoms. The molecule has 3 nitrogen and oxygen atoms in total. The second-order valence-corrected chi connectivity index (χ2v) is 5.48. The summed E-state index contributed by atoms with van der Waals surface area (Å²) in [5, 5.41) is 0.956. The molecular weight excluding hydrogens is 210 g/mol. The third kappa shape index (κ3) is 1.77. The average molecular weight is 223 g/mol. The highest BCUT2D eigenvalue weighted by atomic mass is 32.2. The van der Waals surface area contributed by atoms with E-state index in [1.54, 1.807) is 6.20 Å². The molecule has 0 aliphatic carbocycles. The third-order valence-corrected chi connectivity index (χ3v) is 3.52. The Bertz CT molecular complexity index is 596. The van der Waals surface area contributed by atoms with Gasteiger partial charge in [0.1, 0.15) is 0 Å². The molecule has 15 heavy (non-hydrogen) atoms. The van der Waals surface area contributed by atoms with Crippen molar-refractivity contribution in [3.05, 3.63) is 36.0 Å². The Morgan fingerprint density at radius 1 is 1.27 bits per heavy atom. The highest BCUT2D eigenvalue weighted by Gasteiger charge is 2.09. The summed E-state index contributed by atoms with van der Waals surface area (Å²) >= 11 is 0. The minimum Gasteiger partial charge on any atom is -0.245 e. The largest absolute Gasteiger partial charge is 0.245 e. The van der Waals surface area contributed by atoms with Gasteiger partial charge in [0.05, 0.1) is 11.8 Å². The van der Waals surface area contributed by atoms with Gasteiger partial charge in [-0.1, -0.05) is 19.1 Å². The lowest BCUT2D eigenvalue weighted by atomic mass is 10.1. The van der Waals surface area contributed by atoms with Gasteiger partial charge in [0.15, 0.2) is 0 Å². The highest BCUT2D eigenvalue weighted by molar-refractivity contribution is 7.89. The summed E-state index contributed by atoms with van der Waals surface area (Å²) in [6, 6.07) is 7.72. The fraction of sp³-hybridized carbons (Fsp3) is 0.273. The zero-order valence-corrected chi connectivity index (χ0v) is 9.58. The number of aromatic nitrogens is 1. The third-order valence-electron chi connectivity index (χ3n) is 2.49. The number of nitrogens with zero attached hydrogens (tertiary/aromatic N) is 1. The van der Waals surface area contributed by atoms with Crippen LogP contribution in [-0.4, -0.2) is 18.6 Å². The van der Waals surface area contributed by atoms with Gasteiger partial charge in [-0.15, -0.1) is 0 Å². The Morgan fingerprint density at radius 2 is 2.00 bits per heavy atom. The lowest BCUT2D eigenvalue weighted by Crippen LogP contribution is -2.08. The van der Waals surface area contributed by atoms with Crippen molar-refractivity contribution in [3.63, 3.8) is 0 Å². The van der Waals surface area contributed by atoms with E-state index in [1.165, 1.54) is 10.2 Å². The first-order chi connectivity index (χ1) is 7.02. The summed E-state index contributed by atoms with van der Waals surface area (Å²) in [5.74, 6) is 0. The van der Waals surface area contributed by atoms with E-state index >= 15 is 0 Å². The smallest absolute Gasteiger partial charge is 0.236 e. The second-order valence-electron chi connectivity index (χ2n) is 3.62. The second kappa shape index (κ2) is 3.38. The van der Waals surface area contributed by atoms with Crippen molar-refractivity contribution in [2.45, 2.75) is 13.3 Å². The molecule has 1 heterocycles. The molecule has 1 aromatic heterocycles. The van der Waals surface area contributed by atoms with Gasteiger partial charge in [-0.2, -0.15) is 0 Å². The van der Waals surface area contributed by atoms with Crippen molar-refractivity contribution in [3.8, 4) is 0 Å². The molecule has 0 aliphatic rings. The maximum atomic E-state index is 11.5. The van der Waals surface area contributed by atoms with Gasteiger partial charge in [-0.05, 0) is 24.1 Å². The van der Waals surface area contributed by atoms with Gasteiger partial charge in [-0.3, -0.25) is 0 Å². The number of aryl methyl sites for hydroxylation is 1. The maximum Gasteiger partial charge on any atom is 0.236 e. The molecule has 2 rings (SSSR count).